The van der Waals surface area contributed by atoms with Crippen molar-refractivity contribution in [1.29, 1.82) is 0 Å². The van der Waals surface area contributed by atoms with Crippen LogP contribution in [0.25, 0.3) is 0 Å². The van der Waals surface area contributed by atoms with Gasteiger partial charge in [0.1, 0.15) is 16.5 Å². The summed E-state index contributed by atoms with van der Waals surface area (Å²) in [6, 6.07) is 19.7. The average Bonchev–Trinajstić information content (AvgIpc) is 3.13. The van der Waals surface area contributed by atoms with Gasteiger partial charge in [0.2, 0.25) is 5.91 Å². The summed E-state index contributed by atoms with van der Waals surface area (Å²) >= 11 is 6.21. The maximum atomic E-state index is 13.0. The van der Waals surface area contributed by atoms with Gasteiger partial charge in [-0.15, -0.1) is 0 Å². The number of carbonyl (C=O) groups excluding carboxylic acids is 4. The summed E-state index contributed by atoms with van der Waals surface area (Å²) in [5.41, 5.74) is 2.52. The number of rotatable bonds is 9. The summed E-state index contributed by atoms with van der Waals surface area (Å²) in [4.78, 5) is 50.6. The van der Waals surface area contributed by atoms with Crippen LogP contribution in [-0.4, -0.2) is 37.4 Å². The Hall–Kier alpha value is -4.63. The maximum Gasteiger partial charge on any atom is 0.337 e. The molecule has 0 saturated carbocycles. The van der Waals surface area contributed by atoms with Gasteiger partial charge in [-0.2, -0.15) is 0 Å². The van der Waals surface area contributed by atoms with Gasteiger partial charge in [-0.1, -0.05) is 23.7 Å². The largest absolute Gasteiger partial charge is 0.494 e. The second-order valence-corrected chi connectivity index (χ2v) is 8.56. The monoisotopic (exact) mass is 533 g/mol. The standard InChI is InChI=1S/C28H24ClN3O6/c1-3-38-22-14-12-21(13-15-22)32-26(34)24(29)25(27(32)35)31-20-8-4-17(5-9-20)16-23(33)30-19-10-6-18(7-11-19)28(36)37-2/h4-15,31H,3,16H2,1-2H3,(H,30,33). The fourth-order valence-electron chi connectivity index (χ4n) is 3.75. The van der Waals surface area contributed by atoms with Gasteiger partial charge in [0.05, 0.1) is 31.4 Å². The van der Waals surface area contributed by atoms with Crippen molar-refractivity contribution in [2.75, 3.05) is 29.3 Å². The maximum absolute atomic E-state index is 13.0. The highest BCUT2D eigenvalue weighted by molar-refractivity contribution is 6.53. The van der Waals surface area contributed by atoms with Gasteiger partial charge in [0, 0.05) is 11.4 Å². The molecule has 0 spiro atoms. The van der Waals surface area contributed by atoms with E-state index in [4.69, 9.17) is 16.3 Å². The molecule has 0 unspecified atom stereocenters. The summed E-state index contributed by atoms with van der Waals surface area (Å²) in [7, 11) is 1.30. The number of amides is 3. The van der Waals surface area contributed by atoms with Gasteiger partial charge in [-0.05, 0) is 73.2 Å². The first-order valence-corrected chi connectivity index (χ1v) is 12.0. The zero-order valence-electron chi connectivity index (χ0n) is 20.6. The molecule has 0 saturated heterocycles. The Morgan fingerprint density at radius 3 is 2.11 bits per heavy atom. The molecular weight excluding hydrogens is 510 g/mol. The highest BCUT2D eigenvalue weighted by atomic mass is 35.5. The van der Waals surface area contributed by atoms with E-state index in [2.05, 4.69) is 15.4 Å². The van der Waals surface area contributed by atoms with Crippen molar-refractivity contribution < 1.29 is 28.7 Å². The Labute approximate surface area is 224 Å². The summed E-state index contributed by atoms with van der Waals surface area (Å²) in [6.45, 7) is 2.36. The third kappa shape index (κ3) is 5.84. The van der Waals surface area contributed by atoms with Crippen molar-refractivity contribution in [3.05, 3.63) is 94.7 Å². The topological polar surface area (TPSA) is 114 Å². The van der Waals surface area contributed by atoms with Gasteiger partial charge in [0.25, 0.3) is 11.8 Å². The van der Waals surface area contributed by atoms with Crippen LogP contribution >= 0.6 is 11.6 Å². The van der Waals surface area contributed by atoms with E-state index in [0.29, 0.717) is 35.0 Å². The van der Waals surface area contributed by atoms with Gasteiger partial charge in [-0.3, -0.25) is 14.4 Å². The minimum absolute atomic E-state index is 0.0357. The number of anilines is 3. The van der Waals surface area contributed by atoms with Gasteiger partial charge >= 0.3 is 5.97 Å². The number of carbonyl (C=O) groups is 4. The lowest BCUT2D eigenvalue weighted by atomic mass is 10.1. The third-order valence-corrected chi connectivity index (χ3v) is 5.96. The fourth-order valence-corrected chi connectivity index (χ4v) is 3.96. The van der Waals surface area contributed by atoms with Crippen LogP contribution in [0, 0.1) is 0 Å². The molecule has 0 radical (unpaired) electrons. The first-order chi connectivity index (χ1) is 18.3. The number of ether oxygens (including phenoxy) is 2. The number of nitrogens with one attached hydrogen (secondary N) is 2. The Balaban J connectivity index is 1.37. The zero-order valence-corrected chi connectivity index (χ0v) is 21.4. The highest BCUT2D eigenvalue weighted by Gasteiger charge is 2.39. The molecule has 0 aromatic heterocycles. The van der Waals surface area contributed by atoms with E-state index < -0.39 is 17.8 Å². The molecule has 4 rings (SSSR count). The van der Waals surface area contributed by atoms with Crippen LogP contribution in [-0.2, 0) is 25.5 Å². The van der Waals surface area contributed by atoms with Crippen LogP contribution in [0.5, 0.6) is 5.75 Å². The van der Waals surface area contributed by atoms with Crippen LogP contribution in [0.4, 0.5) is 17.1 Å². The number of methoxy groups -OCH3 is 1. The van der Waals surface area contributed by atoms with Crippen molar-refractivity contribution in [1.82, 2.24) is 0 Å². The minimum Gasteiger partial charge on any atom is -0.494 e. The number of imide groups is 1. The van der Waals surface area contributed by atoms with Crippen LogP contribution in [0.2, 0.25) is 0 Å². The van der Waals surface area contributed by atoms with E-state index >= 15 is 0 Å². The van der Waals surface area contributed by atoms with Crippen molar-refractivity contribution in [2.45, 2.75) is 13.3 Å². The Morgan fingerprint density at radius 1 is 0.868 bits per heavy atom. The van der Waals surface area contributed by atoms with Crippen LogP contribution in [0.1, 0.15) is 22.8 Å². The van der Waals surface area contributed by atoms with Crippen LogP contribution < -0.4 is 20.3 Å². The number of hydrogen-bond donors (Lipinski definition) is 2. The van der Waals surface area contributed by atoms with Crippen molar-refractivity contribution >= 4 is 52.4 Å². The smallest absolute Gasteiger partial charge is 0.337 e. The molecule has 9 nitrogen and oxygen atoms in total. The second kappa shape index (κ2) is 11.6. The highest BCUT2D eigenvalue weighted by Crippen LogP contribution is 2.31. The summed E-state index contributed by atoms with van der Waals surface area (Å²) < 4.78 is 10.1. The number of hydrogen-bond acceptors (Lipinski definition) is 7. The second-order valence-electron chi connectivity index (χ2n) is 8.18. The van der Waals surface area contributed by atoms with Gasteiger partial charge in [-0.25, -0.2) is 9.69 Å². The van der Waals surface area contributed by atoms with Crippen molar-refractivity contribution in [2.24, 2.45) is 0 Å². The van der Waals surface area contributed by atoms with Gasteiger partial charge in [0.15, 0.2) is 0 Å². The van der Waals surface area contributed by atoms with E-state index in [-0.39, 0.29) is 23.1 Å². The molecule has 1 aliphatic heterocycles. The Bertz CT molecular complexity index is 1400. The molecule has 1 heterocycles. The quantitative estimate of drug-likeness (QED) is 0.308. The Kier molecular flexibility index (Phi) is 8.08. The molecule has 38 heavy (non-hydrogen) atoms. The lowest BCUT2D eigenvalue weighted by molar-refractivity contribution is -0.120. The van der Waals surface area contributed by atoms with E-state index in [1.165, 1.54) is 7.11 Å². The summed E-state index contributed by atoms with van der Waals surface area (Å²) in [6.07, 6.45) is 0.103. The molecule has 0 atom stereocenters. The molecule has 0 aliphatic carbocycles. The lowest BCUT2D eigenvalue weighted by Gasteiger charge is -2.15. The fraction of sp³-hybridized carbons (Fsp3) is 0.143. The molecule has 1 aliphatic rings. The molecule has 0 bridgehead atoms. The van der Waals surface area contributed by atoms with E-state index in [0.717, 1.165) is 10.5 Å². The van der Waals surface area contributed by atoms with Crippen LogP contribution in [0.3, 0.4) is 0 Å². The molecule has 10 heteroatoms. The minimum atomic E-state index is -0.628. The average molecular weight is 534 g/mol. The SMILES string of the molecule is CCOc1ccc(N2C(=O)C(Cl)=C(Nc3ccc(CC(=O)Nc4ccc(C(=O)OC)cc4)cc3)C2=O)cc1. The van der Waals surface area contributed by atoms with Gasteiger partial charge < -0.3 is 20.1 Å². The van der Waals surface area contributed by atoms with E-state index in [1.54, 1.807) is 72.8 Å². The molecule has 3 aromatic rings. The van der Waals surface area contributed by atoms with Crippen LogP contribution in [0.15, 0.2) is 83.5 Å². The predicted molar refractivity (Wildman–Crippen MR) is 143 cm³/mol. The first kappa shape index (κ1) is 26.4. The van der Waals surface area contributed by atoms with E-state index in [9.17, 15) is 19.2 Å². The summed E-state index contributed by atoms with van der Waals surface area (Å²) in [5.74, 6) is -1.29. The Morgan fingerprint density at radius 2 is 1.50 bits per heavy atom. The number of nitrogens with zero attached hydrogens (tertiary/aromatic N) is 1. The molecule has 0 fully saturated rings. The predicted octanol–water partition coefficient (Wildman–Crippen LogP) is 4.49. The van der Waals surface area contributed by atoms with Crippen molar-refractivity contribution in [3.8, 4) is 5.75 Å². The third-order valence-electron chi connectivity index (χ3n) is 5.61. The lowest BCUT2D eigenvalue weighted by Crippen LogP contribution is -2.32. The number of benzene rings is 3. The number of halogens is 1. The summed E-state index contributed by atoms with van der Waals surface area (Å²) in [5, 5.41) is 5.47. The number of esters is 1. The molecule has 194 valence electrons. The molecule has 3 aromatic carbocycles. The molecular formula is C28H24ClN3O6. The van der Waals surface area contributed by atoms with E-state index in [1.807, 2.05) is 6.92 Å². The normalized spacial score (nSPS) is 13.0. The molecule has 3 amide bonds. The first-order valence-electron chi connectivity index (χ1n) is 11.7. The zero-order chi connectivity index (χ0) is 27.2. The van der Waals surface area contributed by atoms with Crippen molar-refractivity contribution in [3.63, 3.8) is 0 Å². The molecule has 2 N–H and O–H groups in total.